The standard InChI is InChI=1S/C32H39FN4O2S/c1-22-4-8-24(9-5-22)32(39)37-17-16-28(19-30(37)31(38)35-27-14-12-26(34)13-15-27)36(21-29-3-2-18-40-29)20-23-6-10-25(33)11-7-23/h2-11,18,26-28,30H,12-17,19-21,34H2,1H3,(H,35,38)/t26?,27?,28?,30-/m1/s1. The van der Waals surface area contributed by atoms with E-state index in [1.165, 1.54) is 17.0 Å². The third-order valence-electron chi connectivity index (χ3n) is 8.31. The van der Waals surface area contributed by atoms with Gasteiger partial charge in [0.15, 0.2) is 0 Å². The summed E-state index contributed by atoms with van der Waals surface area (Å²) in [5, 5.41) is 5.34. The number of piperidine rings is 1. The molecule has 6 nitrogen and oxygen atoms in total. The van der Waals surface area contributed by atoms with Gasteiger partial charge in [-0.25, -0.2) is 4.39 Å². The van der Waals surface area contributed by atoms with E-state index < -0.39 is 6.04 Å². The van der Waals surface area contributed by atoms with Gasteiger partial charge in [-0.3, -0.25) is 14.5 Å². The molecule has 8 heteroatoms. The molecular weight excluding hydrogens is 523 g/mol. The van der Waals surface area contributed by atoms with Crippen molar-refractivity contribution in [1.29, 1.82) is 0 Å². The Balaban J connectivity index is 1.38. The molecule has 40 heavy (non-hydrogen) atoms. The number of aryl methyl sites for hydroxylation is 1. The zero-order valence-electron chi connectivity index (χ0n) is 23.1. The van der Waals surface area contributed by atoms with E-state index in [-0.39, 0.29) is 35.8 Å². The highest BCUT2D eigenvalue weighted by Crippen LogP contribution is 2.28. The first-order valence-corrected chi connectivity index (χ1v) is 15.2. The molecule has 5 rings (SSSR count). The second-order valence-electron chi connectivity index (χ2n) is 11.3. The highest BCUT2D eigenvalue weighted by Gasteiger charge is 2.39. The minimum Gasteiger partial charge on any atom is -0.352 e. The van der Waals surface area contributed by atoms with Crippen LogP contribution in [-0.2, 0) is 17.9 Å². The minimum absolute atomic E-state index is 0.0801. The molecule has 3 N–H and O–H groups in total. The topological polar surface area (TPSA) is 78.7 Å². The Morgan fingerprint density at radius 1 is 1.00 bits per heavy atom. The van der Waals surface area contributed by atoms with Crippen molar-refractivity contribution in [2.45, 2.75) is 82.7 Å². The molecule has 1 saturated heterocycles. The van der Waals surface area contributed by atoms with E-state index in [0.29, 0.717) is 25.1 Å². The molecule has 1 unspecified atom stereocenters. The van der Waals surface area contributed by atoms with Crippen LogP contribution in [-0.4, -0.2) is 52.3 Å². The molecule has 1 aromatic heterocycles. The molecule has 2 fully saturated rings. The first-order valence-electron chi connectivity index (χ1n) is 14.3. The summed E-state index contributed by atoms with van der Waals surface area (Å²) in [7, 11) is 0. The molecule has 2 atom stereocenters. The highest BCUT2D eigenvalue weighted by atomic mass is 32.1. The smallest absolute Gasteiger partial charge is 0.254 e. The zero-order valence-corrected chi connectivity index (χ0v) is 23.9. The second-order valence-corrected chi connectivity index (χ2v) is 12.3. The number of likely N-dealkylation sites (tertiary alicyclic amines) is 1. The number of nitrogens with one attached hydrogen (secondary N) is 1. The molecular formula is C32H39FN4O2S. The number of nitrogens with two attached hydrogens (primary N) is 1. The third kappa shape index (κ3) is 7.16. The van der Waals surface area contributed by atoms with E-state index in [1.54, 1.807) is 16.2 Å². The lowest BCUT2D eigenvalue weighted by molar-refractivity contribution is -0.128. The molecule has 1 aliphatic carbocycles. The van der Waals surface area contributed by atoms with Gasteiger partial charge in [0.1, 0.15) is 11.9 Å². The molecule has 2 aliphatic rings. The van der Waals surface area contributed by atoms with Crippen molar-refractivity contribution in [1.82, 2.24) is 15.1 Å². The van der Waals surface area contributed by atoms with Gasteiger partial charge in [-0.05, 0) is 86.7 Å². The van der Waals surface area contributed by atoms with Crippen LogP contribution in [0.25, 0.3) is 0 Å². The lowest BCUT2D eigenvalue weighted by Crippen LogP contribution is -2.58. The number of thiophene rings is 1. The fourth-order valence-corrected chi connectivity index (χ4v) is 6.66. The van der Waals surface area contributed by atoms with Crippen LogP contribution in [0.15, 0.2) is 66.0 Å². The normalized spacial score (nSPS) is 23.2. The van der Waals surface area contributed by atoms with Crippen molar-refractivity contribution in [2.75, 3.05) is 6.54 Å². The van der Waals surface area contributed by atoms with Crippen LogP contribution in [0.5, 0.6) is 0 Å². The molecule has 2 amide bonds. The van der Waals surface area contributed by atoms with Gasteiger partial charge in [0.2, 0.25) is 5.91 Å². The van der Waals surface area contributed by atoms with Crippen molar-refractivity contribution >= 4 is 23.2 Å². The van der Waals surface area contributed by atoms with Crippen molar-refractivity contribution in [3.8, 4) is 0 Å². The Hall–Kier alpha value is -3.07. The molecule has 212 valence electrons. The maximum atomic E-state index is 13.8. The number of carbonyl (C=O) groups is 2. The second kappa shape index (κ2) is 13.1. The first-order chi connectivity index (χ1) is 19.4. The predicted octanol–water partition coefficient (Wildman–Crippen LogP) is 5.26. The summed E-state index contributed by atoms with van der Waals surface area (Å²) in [6, 6.07) is 18.2. The number of nitrogens with zero attached hydrogens (tertiary/aromatic N) is 2. The molecule has 0 bridgehead atoms. The Morgan fingerprint density at radius 2 is 1.73 bits per heavy atom. The Morgan fingerprint density at radius 3 is 2.40 bits per heavy atom. The van der Waals surface area contributed by atoms with Crippen LogP contribution in [0.3, 0.4) is 0 Å². The lowest BCUT2D eigenvalue weighted by Gasteiger charge is -2.43. The van der Waals surface area contributed by atoms with Crippen LogP contribution >= 0.6 is 11.3 Å². The van der Waals surface area contributed by atoms with Crippen LogP contribution < -0.4 is 11.1 Å². The minimum atomic E-state index is -0.567. The van der Waals surface area contributed by atoms with E-state index in [4.69, 9.17) is 5.73 Å². The Labute approximate surface area is 240 Å². The Kier molecular flexibility index (Phi) is 9.29. The fraction of sp³-hybridized carbons (Fsp3) is 0.438. The first kappa shape index (κ1) is 28.5. The SMILES string of the molecule is Cc1ccc(C(=O)N2CCC(N(Cc3ccc(F)cc3)Cc3cccs3)C[C@@H]2C(=O)NC2CCC(N)CC2)cc1. The quantitative estimate of drug-likeness (QED) is 0.393. The number of benzene rings is 2. The van der Waals surface area contributed by atoms with Gasteiger partial charge in [0.25, 0.3) is 5.91 Å². The summed E-state index contributed by atoms with van der Waals surface area (Å²) in [6.45, 7) is 3.87. The molecule has 1 aliphatic heterocycles. The van der Waals surface area contributed by atoms with Gasteiger partial charge in [-0.1, -0.05) is 35.9 Å². The molecule has 2 heterocycles. The summed E-state index contributed by atoms with van der Waals surface area (Å²) < 4.78 is 13.6. The molecule has 3 aromatic rings. The monoisotopic (exact) mass is 562 g/mol. The third-order valence-corrected chi connectivity index (χ3v) is 9.17. The van der Waals surface area contributed by atoms with Crippen molar-refractivity contribution < 1.29 is 14.0 Å². The average molecular weight is 563 g/mol. The van der Waals surface area contributed by atoms with Crippen molar-refractivity contribution in [3.05, 3.63) is 93.4 Å². The van der Waals surface area contributed by atoms with E-state index in [9.17, 15) is 14.0 Å². The van der Waals surface area contributed by atoms with E-state index >= 15 is 0 Å². The van der Waals surface area contributed by atoms with Crippen molar-refractivity contribution in [3.63, 3.8) is 0 Å². The van der Waals surface area contributed by atoms with Crippen molar-refractivity contribution in [2.24, 2.45) is 5.73 Å². The van der Waals surface area contributed by atoms with Crippen LogP contribution in [0.1, 0.15) is 64.9 Å². The summed E-state index contributed by atoms with van der Waals surface area (Å²) in [4.78, 5) is 32.9. The van der Waals surface area contributed by atoms with Gasteiger partial charge >= 0.3 is 0 Å². The molecule has 0 spiro atoms. The average Bonchev–Trinajstić information content (AvgIpc) is 3.48. The van der Waals surface area contributed by atoms with Crippen LogP contribution in [0.4, 0.5) is 4.39 Å². The molecule has 2 aromatic carbocycles. The number of carbonyl (C=O) groups excluding carboxylic acids is 2. The number of halogens is 1. The largest absolute Gasteiger partial charge is 0.352 e. The number of amides is 2. The van der Waals surface area contributed by atoms with Gasteiger partial charge in [0, 0.05) is 48.2 Å². The van der Waals surface area contributed by atoms with Gasteiger partial charge in [-0.15, -0.1) is 11.3 Å². The summed E-state index contributed by atoms with van der Waals surface area (Å²) in [5.41, 5.74) is 8.81. The fourth-order valence-electron chi connectivity index (χ4n) is 5.93. The number of hydrogen-bond donors (Lipinski definition) is 2. The van der Waals surface area contributed by atoms with Gasteiger partial charge < -0.3 is 16.0 Å². The van der Waals surface area contributed by atoms with E-state index in [1.807, 2.05) is 49.4 Å². The zero-order chi connectivity index (χ0) is 28.1. The summed E-state index contributed by atoms with van der Waals surface area (Å²) in [6.07, 6.45) is 4.83. The van der Waals surface area contributed by atoms with Gasteiger partial charge in [-0.2, -0.15) is 0 Å². The predicted molar refractivity (Wildman–Crippen MR) is 157 cm³/mol. The molecule has 1 saturated carbocycles. The maximum Gasteiger partial charge on any atom is 0.254 e. The molecule has 0 radical (unpaired) electrons. The number of rotatable bonds is 8. The lowest BCUT2D eigenvalue weighted by atomic mass is 9.90. The summed E-state index contributed by atoms with van der Waals surface area (Å²) >= 11 is 1.71. The van der Waals surface area contributed by atoms with Gasteiger partial charge in [0.05, 0.1) is 0 Å². The number of hydrogen-bond acceptors (Lipinski definition) is 5. The summed E-state index contributed by atoms with van der Waals surface area (Å²) in [5.74, 6) is -0.437. The Bertz CT molecular complexity index is 1260. The van der Waals surface area contributed by atoms with E-state index in [0.717, 1.165) is 49.8 Å². The van der Waals surface area contributed by atoms with Crippen LogP contribution in [0, 0.1) is 12.7 Å². The highest BCUT2D eigenvalue weighted by molar-refractivity contribution is 7.09. The maximum absolute atomic E-state index is 13.8. The van der Waals surface area contributed by atoms with E-state index in [2.05, 4.69) is 21.7 Å². The van der Waals surface area contributed by atoms with Crippen LogP contribution in [0.2, 0.25) is 0 Å².